The number of nitro benzene ring substituents is 1. The van der Waals surface area contributed by atoms with Crippen molar-refractivity contribution in [3.8, 4) is 0 Å². The van der Waals surface area contributed by atoms with Gasteiger partial charge in [-0.15, -0.1) is 0 Å². The van der Waals surface area contributed by atoms with E-state index in [0.29, 0.717) is 16.8 Å². The molecule has 0 heterocycles. The van der Waals surface area contributed by atoms with Gasteiger partial charge in [-0.05, 0) is 62.1 Å². The zero-order chi connectivity index (χ0) is 25.2. The number of anilines is 1. The molecule has 0 aliphatic carbocycles. The van der Waals surface area contributed by atoms with Crippen molar-refractivity contribution in [2.45, 2.75) is 52.3 Å². The minimum atomic E-state index is -4.78. The topological polar surface area (TPSA) is 110 Å². The van der Waals surface area contributed by atoms with Crippen LogP contribution in [0, 0.1) is 37.8 Å². The van der Waals surface area contributed by atoms with Gasteiger partial charge >= 0.3 is 12.4 Å². The number of aliphatic hydroxyl groups excluding tert-OH is 2. The first-order valence-electron chi connectivity index (χ1n) is 8.99. The lowest BCUT2D eigenvalue weighted by Crippen LogP contribution is -2.20. The third-order valence-corrected chi connectivity index (χ3v) is 4.56. The highest BCUT2D eigenvalue weighted by molar-refractivity contribution is 5.54. The highest BCUT2D eigenvalue weighted by atomic mass is 19.4. The summed E-state index contributed by atoms with van der Waals surface area (Å²) >= 11 is 0. The van der Waals surface area contributed by atoms with E-state index in [1.165, 1.54) is 26.0 Å². The van der Waals surface area contributed by atoms with E-state index in [0.717, 1.165) is 12.1 Å². The van der Waals surface area contributed by atoms with Crippen LogP contribution in [0.1, 0.15) is 45.6 Å². The molecule has 4 N–H and O–H groups in total. The Kier molecular flexibility index (Phi) is 8.27. The molecule has 2 unspecified atom stereocenters. The predicted molar refractivity (Wildman–Crippen MR) is 105 cm³/mol. The molecule has 0 amide bonds. The second kappa shape index (κ2) is 9.74. The lowest BCUT2D eigenvalue weighted by molar-refractivity contribution is -0.386. The zero-order valence-corrected chi connectivity index (χ0v) is 17.5. The molecule has 0 radical (unpaired) electrons. The standard InChI is InChI=1S/C10H10F3NO3.C10H12F3NO/c1-5-3-7(9(15)10(11,12)13)4-6(2)8(5)14(16)17;1-5-3-7(4-6(2)8(5)14)9(15)10(11,12)13/h3-4,9,15H,1-2H3;3-4,9,15H,14H2,1-2H3. The molecule has 6 nitrogen and oxygen atoms in total. The fourth-order valence-corrected chi connectivity index (χ4v) is 2.98. The molecule has 2 aromatic carbocycles. The lowest BCUT2D eigenvalue weighted by atomic mass is 10.0. The normalized spacial score (nSPS) is 13.8. The van der Waals surface area contributed by atoms with Crippen molar-refractivity contribution < 1.29 is 41.5 Å². The smallest absolute Gasteiger partial charge is 0.398 e. The number of nitrogens with zero attached hydrogens (tertiary/aromatic N) is 1. The summed E-state index contributed by atoms with van der Waals surface area (Å²) in [6.45, 7) is 5.87. The summed E-state index contributed by atoms with van der Waals surface area (Å²) < 4.78 is 73.5. The van der Waals surface area contributed by atoms with Crippen molar-refractivity contribution >= 4 is 11.4 Å². The van der Waals surface area contributed by atoms with E-state index in [2.05, 4.69) is 0 Å². The first kappa shape index (κ1) is 27.2. The molecular formula is C20H22F6N2O4. The Morgan fingerprint density at radius 3 is 1.31 bits per heavy atom. The Hall–Kier alpha value is -2.86. The molecule has 2 aromatic rings. The number of benzene rings is 2. The summed E-state index contributed by atoms with van der Waals surface area (Å²) in [4.78, 5) is 9.98. The molecule has 32 heavy (non-hydrogen) atoms. The molecule has 0 saturated heterocycles. The maximum absolute atomic E-state index is 12.3. The molecule has 0 fully saturated rings. The summed E-state index contributed by atoms with van der Waals surface area (Å²) in [6.07, 6.45) is -14.5. The van der Waals surface area contributed by atoms with Gasteiger partial charge in [-0.1, -0.05) is 12.1 Å². The number of nitrogens with two attached hydrogens (primary N) is 1. The van der Waals surface area contributed by atoms with Gasteiger partial charge in [-0.25, -0.2) is 0 Å². The Bertz CT molecular complexity index is 943. The monoisotopic (exact) mass is 468 g/mol. The number of nitro groups is 1. The van der Waals surface area contributed by atoms with Crippen molar-refractivity contribution in [1.29, 1.82) is 0 Å². The molecular weight excluding hydrogens is 446 g/mol. The average molecular weight is 468 g/mol. The Labute approximate surface area is 179 Å². The van der Waals surface area contributed by atoms with Gasteiger partial charge in [0.25, 0.3) is 5.69 Å². The SMILES string of the molecule is Cc1cc(C(O)C(F)(F)F)cc(C)c1N.Cc1cc(C(O)C(F)(F)F)cc(C)c1[N+](=O)[O-]. The van der Waals surface area contributed by atoms with E-state index >= 15 is 0 Å². The van der Waals surface area contributed by atoms with Gasteiger partial charge in [0.1, 0.15) is 0 Å². The second-order valence-electron chi connectivity index (χ2n) is 7.22. The number of alkyl halides is 6. The highest BCUT2D eigenvalue weighted by Crippen LogP contribution is 2.36. The van der Waals surface area contributed by atoms with Gasteiger partial charge in [0.2, 0.25) is 0 Å². The molecule has 0 aliphatic rings. The summed E-state index contributed by atoms with van der Waals surface area (Å²) in [6, 6.07) is 4.45. The summed E-state index contributed by atoms with van der Waals surface area (Å²) in [7, 11) is 0. The zero-order valence-electron chi connectivity index (χ0n) is 17.5. The van der Waals surface area contributed by atoms with E-state index in [1.54, 1.807) is 13.8 Å². The first-order valence-corrected chi connectivity index (χ1v) is 8.99. The fourth-order valence-electron chi connectivity index (χ4n) is 2.98. The van der Waals surface area contributed by atoms with Crippen LogP contribution in [0.25, 0.3) is 0 Å². The van der Waals surface area contributed by atoms with Gasteiger partial charge in [-0.3, -0.25) is 10.1 Å². The third kappa shape index (κ3) is 6.57. The second-order valence-corrected chi connectivity index (χ2v) is 7.22. The van der Waals surface area contributed by atoms with Gasteiger partial charge < -0.3 is 15.9 Å². The van der Waals surface area contributed by atoms with E-state index in [4.69, 9.17) is 15.9 Å². The molecule has 12 heteroatoms. The van der Waals surface area contributed by atoms with Crippen LogP contribution in [0.15, 0.2) is 24.3 Å². The molecule has 0 saturated carbocycles. The van der Waals surface area contributed by atoms with Gasteiger partial charge in [0.15, 0.2) is 12.2 Å². The molecule has 0 bridgehead atoms. The van der Waals surface area contributed by atoms with E-state index < -0.39 is 35.0 Å². The molecule has 0 aliphatic heterocycles. The minimum absolute atomic E-state index is 0.0910. The number of hydrogen-bond donors (Lipinski definition) is 3. The van der Waals surface area contributed by atoms with Crippen LogP contribution in [-0.2, 0) is 0 Å². The number of aryl methyl sites for hydroxylation is 4. The molecule has 0 spiro atoms. The van der Waals surface area contributed by atoms with Crippen molar-refractivity contribution in [3.63, 3.8) is 0 Å². The minimum Gasteiger partial charge on any atom is -0.398 e. The van der Waals surface area contributed by atoms with Crippen LogP contribution in [0.5, 0.6) is 0 Å². The molecule has 178 valence electrons. The predicted octanol–water partition coefficient (Wildman–Crippen LogP) is 5.29. The van der Waals surface area contributed by atoms with Crippen LogP contribution in [0.3, 0.4) is 0 Å². The van der Waals surface area contributed by atoms with Gasteiger partial charge in [0, 0.05) is 16.8 Å². The molecule has 2 rings (SSSR count). The van der Waals surface area contributed by atoms with Crippen LogP contribution in [0.4, 0.5) is 37.7 Å². The van der Waals surface area contributed by atoms with E-state index in [1.807, 2.05) is 0 Å². The summed E-state index contributed by atoms with van der Waals surface area (Å²) in [5, 5.41) is 28.7. The van der Waals surface area contributed by atoms with Gasteiger partial charge in [0.05, 0.1) is 4.92 Å². The number of halogens is 6. The number of nitrogen functional groups attached to an aromatic ring is 1. The molecule has 2 atom stereocenters. The summed E-state index contributed by atoms with van der Waals surface area (Å²) in [5.41, 5.74) is 6.50. The largest absolute Gasteiger partial charge is 0.418 e. The van der Waals surface area contributed by atoms with Crippen molar-refractivity contribution in [3.05, 3.63) is 67.8 Å². The van der Waals surface area contributed by atoms with Crippen LogP contribution in [-0.4, -0.2) is 27.5 Å². The first-order chi connectivity index (χ1) is 14.4. The fraction of sp³-hybridized carbons (Fsp3) is 0.400. The Balaban J connectivity index is 0.000000323. The van der Waals surface area contributed by atoms with Crippen LogP contribution >= 0.6 is 0 Å². The van der Waals surface area contributed by atoms with Crippen molar-refractivity contribution in [1.82, 2.24) is 0 Å². The molecule has 0 aromatic heterocycles. The van der Waals surface area contributed by atoms with Crippen LogP contribution in [0.2, 0.25) is 0 Å². The summed E-state index contributed by atoms with van der Waals surface area (Å²) in [5.74, 6) is 0. The Morgan fingerprint density at radius 2 is 1.06 bits per heavy atom. The third-order valence-electron chi connectivity index (χ3n) is 4.56. The van der Waals surface area contributed by atoms with Crippen LogP contribution < -0.4 is 5.73 Å². The number of aliphatic hydroxyl groups is 2. The van der Waals surface area contributed by atoms with Crippen molar-refractivity contribution in [2.75, 3.05) is 5.73 Å². The highest BCUT2D eigenvalue weighted by Gasteiger charge is 2.40. The number of rotatable bonds is 3. The number of hydrogen-bond acceptors (Lipinski definition) is 5. The van der Waals surface area contributed by atoms with E-state index in [9.17, 15) is 36.5 Å². The van der Waals surface area contributed by atoms with Gasteiger partial charge in [-0.2, -0.15) is 26.3 Å². The maximum atomic E-state index is 12.3. The maximum Gasteiger partial charge on any atom is 0.418 e. The van der Waals surface area contributed by atoms with Crippen molar-refractivity contribution in [2.24, 2.45) is 0 Å². The van der Waals surface area contributed by atoms with E-state index in [-0.39, 0.29) is 22.4 Å². The lowest BCUT2D eigenvalue weighted by Gasteiger charge is -2.17. The average Bonchev–Trinajstić information content (AvgIpc) is 2.62. The Morgan fingerprint density at radius 1 is 0.781 bits per heavy atom. The quantitative estimate of drug-likeness (QED) is 0.246.